The molecule has 2 aliphatic carbocycles. The Kier molecular flexibility index (Phi) is 5.74. The van der Waals surface area contributed by atoms with Crippen molar-refractivity contribution in [3.05, 3.63) is 137 Å². The van der Waals surface area contributed by atoms with E-state index in [1.54, 1.807) is 6.08 Å². The van der Waals surface area contributed by atoms with Crippen LogP contribution in [0.2, 0.25) is 0 Å². The number of carbonyl (C=O) groups excluding carboxylic acids is 1. The fourth-order valence-electron chi connectivity index (χ4n) is 5.35. The number of aryl methyl sites for hydroxylation is 3. The smallest absolute Gasteiger partial charge is 0.259 e. The van der Waals surface area contributed by atoms with Crippen LogP contribution in [0.1, 0.15) is 39.4 Å². The molecule has 2 aromatic carbocycles. The van der Waals surface area contributed by atoms with Crippen LogP contribution in [0.5, 0.6) is 0 Å². The Morgan fingerprint density at radius 1 is 0.857 bits per heavy atom. The number of amides is 1. The molecule has 0 N–H and O–H groups in total. The summed E-state index contributed by atoms with van der Waals surface area (Å²) >= 11 is 0. The van der Waals surface area contributed by atoms with Gasteiger partial charge in [0.1, 0.15) is 0 Å². The number of carbonyl (C=O) groups is 1. The molecule has 0 bridgehead atoms. The molecule has 2 nitrogen and oxygen atoms in total. The molecule has 3 aliphatic rings. The average Bonchev–Trinajstić information content (AvgIpc) is 3.37. The van der Waals surface area contributed by atoms with E-state index in [0.29, 0.717) is 5.57 Å². The normalized spacial score (nSPS) is 14.9. The quantitative estimate of drug-likeness (QED) is 0.220. The fraction of sp³-hybridized carbons (Fsp3) is 0.121. The molecule has 0 saturated carbocycles. The number of hydrogen-bond donors (Lipinski definition) is 0. The summed E-state index contributed by atoms with van der Waals surface area (Å²) in [5, 5.41) is 0. The van der Waals surface area contributed by atoms with Gasteiger partial charge in [-0.1, -0.05) is 97.6 Å². The number of rotatable bonds is 5. The first-order valence-corrected chi connectivity index (χ1v) is 11.9. The Hall–Kier alpha value is -4.17. The van der Waals surface area contributed by atoms with Gasteiger partial charge in [-0.3, -0.25) is 9.69 Å². The van der Waals surface area contributed by atoms with Crippen LogP contribution in [0, 0.1) is 20.8 Å². The third kappa shape index (κ3) is 3.81. The number of para-hydroxylation sites is 1. The van der Waals surface area contributed by atoms with E-state index in [1.807, 2.05) is 59.5 Å². The number of anilines is 1. The van der Waals surface area contributed by atoms with Crippen LogP contribution in [-0.2, 0) is 4.79 Å². The van der Waals surface area contributed by atoms with Gasteiger partial charge in [0.05, 0.1) is 11.7 Å². The summed E-state index contributed by atoms with van der Waals surface area (Å²) in [4.78, 5) is 16.0. The Morgan fingerprint density at radius 2 is 1.54 bits per heavy atom. The lowest BCUT2D eigenvalue weighted by Gasteiger charge is -2.29. The predicted octanol–water partition coefficient (Wildman–Crippen LogP) is 8.09. The van der Waals surface area contributed by atoms with Crippen molar-refractivity contribution in [3.63, 3.8) is 0 Å². The van der Waals surface area contributed by atoms with Crippen LogP contribution in [0.3, 0.4) is 0 Å². The highest BCUT2D eigenvalue weighted by molar-refractivity contribution is 6.36. The summed E-state index contributed by atoms with van der Waals surface area (Å²) in [7, 11) is 0. The standard InChI is InChI=1S/C33H29NO/c1-6-22(3)32(25-12-8-7-9-13-25)34-30-15-11-10-14-28(30)29(33(34)35)20-26-16-17-27-23(4)18-21(2)19-24(5)31(26)27/h6-20,32H,1,3H2,2,4-5H3. The Labute approximate surface area is 207 Å². The van der Waals surface area contributed by atoms with Gasteiger partial charge in [-0.25, -0.2) is 0 Å². The maximum atomic E-state index is 14.1. The van der Waals surface area contributed by atoms with E-state index >= 15 is 0 Å². The molecule has 1 unspecified atom stereocenters. The number of benzene rings is 2. The zero-order valence-corrected chi connectivity index (χ0v) is 20.5. The Balaban J connectivity index is 1.69. The highest BCUT2D eigenvalue weighted by Gasteiger charge is 2.38. The Morgan fingerprint density at radius 3 is 2.29 bits per heavy atom. The van der Waals surface area contributed by atoms with E-state index in [-0.39, 0.29) is 11.9 Å². The van der Waals surface area contributed by atoms with Crippen molar-refractivity contribution in [2.75, 3.05) is 4.90 Å². The van der Waals surface area contributed by atoms with Gasteiger partial charge >= 0.3 is 0 Å². The maximum Gasteiger partial charge on any atom is 0.259 e. The van der Waals surface area contributed by atoms with Gasteiger partial charge in [-0.15, -0.1) is 0 Å². The van der Waals surface area contributed by atoms with Crippen LogP contribution >= 0.6 is 0 Å². The summed E-state index contributed by atoms with van der Waals surface area (Å²) in [5.41, 5.74) is 11.5. The number of hydrogen-bond acceptors (Lipinski definition) is 1. The van der Waals surface area contributed by atoms with Gasteiger partial charge in [0.2, 0.25) is 0 Å². The van der Waals surface area contributed by atoms with Crippen LogP contribution in [0.15, 0.2) is 104 Å². The monoisotopic (exact) mass is 455 g/mol. The molecule has 0 spiro atoms. The first-order chi connectivity index (χ1) is 16.9. The average molecular weight is 456 g/mol. The van der Waals surface area contributed by atoms with E-state index < -0.39 is 0 Å². The van der Waals surface area contributed by atoms with E-state index in [1.165, 1.54) is 27.8 Å². The molecule has 0 fully saturated rings. The van der Waals surface area contributed by atoms with E-state index in [4.69, 9.17) is 0 Å². The van der Waals surface area contributed by atoms with Crippen LogP contribution < -0.4 is 4.90 Å². The number of fused-ring (bicyclic) bond motifs is 2. The van der Waals surface area contributed by atoms with E-state index in [0.717, 1.165) is 28.0 Å². The zero-order chi connectivity index (χ0) is 24.7. The maximum absolute atomic E-state index is 14.1. The lowest BCUT2D eigenvalue weighted by atomic mass is 9.97. The molecule has 0 radical (unpaired) electrons. The van der Waals surface area contributed by atoms with Crippen molar-refractivity contribution in [2.45, 2.75) is 26.8 Å². The molecular weight excluding hydrogens is 426 g/mol. The van der Waals surface area contributed by atoms with Gasteiger partial charge in [-0.2, -0.15) is 0 Å². The highest BCUT2D eigenvalue weighted by atomic mass is 16.2. The molecule has 2 aromatic rings. The Bertz CT molecular complexity index is 1470. The largest absolute Gasteiger partial charge is 0.296 e. The van der Waals surface area contributed by atoms with Gasteiger partial charge in [0, 0.05) is 11.1 Å². The first-order valence-electron chi connectivity index (χ1n) is 11.9. The molecule has 1 amide bonds. The molecule has 0 saturated heterocycles. The minimum Gasteiger partial charge on any atom is -0.296 e. The molecular formula is C33H29NO. The summed E-state index contributed by atoms with van der Waals surface area (Å²) in [5.74, 6) is -0.0248. The first kappa shape index (κ1) is 22.6. The SMILES string of the molecule is C=CC(=C)C(c1ccccc1)N1C(=O)C(=Cc2ccc3c(C)cc(C)cc(C)c2-3)c2ccccc21. The fourth-order valence-corrected chi connectivity index (χ4v) is 5.35. The van der Waals surface area contributed by atoms with Crippen molar-refractivity contribution in [1.82, 2.24) is 0 Å². The van der Waals surface area contributed by atoms with Crippen molar-refractivity contribution in [2.24, 2.45) is 0 Å². The molecule has 1 aliphatic heterocycles. The minimum atomic E-state index is -0.325. The summed E-state index contributed by atoms with van der Waals surface area (Å²) in [6, 6.07) is 26.5. The molecule has 5 rings (SSSR count). The van der Waals surface area contributed by atoms with Crippen molar-refractivity contribution in [3.8, 4) is 11.1 Å². The van der Waals surface area contributed by atoms with Crippen LogP contribution in [0.4, 0.5) is 5.69 Å². The number of nitrogens with zero attached hydrogens (tertiary/aromatic N) is 1. The van der Waals surface area contributed by atoms with E-state index in [2.05, 4.69) is 64.3 Å². The summed E-state index contributed by atoms with van der Waals surface area (Å²) < 4.78 is 0. The lowest BCUT2D eigenvalue weighted by Crippen LogP contribution is -2.32. The van der Waals surface area contributed by atoms with Gasteiger partial charge < -0.3 is 0 Å². The third-order valence-corrected chi connectivity index (χ3v) is 6.88. The second-order valence-corrected chi connectivity index (χ2v) is 9.32. The second-order valence-electron chi connectivity index (χ2n) is 9.32. The van der Waals surface area contributed by atoms with Crippen molar-refractivity contribution in [1.29, 1.82) is 0 Å². The van der Waals surface area contributed by atoms with Crippen molar-refractivity contribution >= 4 is 23.2 Å². The zero-order valence-electron chi connectivity index (χ0n) is 20.5. The third-order valence-electron chi connectivity index (χ3n) is 6.88. The highest BCUT2D eigenvalue weighted by Crippen LogP contribution is 2.45. The molecule has 1 atom stereocenters. The second kappa shape index (κ2) is 8.88. The van der Waals surface area contributed by atoms with Crippen LogP contribution in [0.25, 0.3) is 22.8 Å². The lowest BCUT2D eigenvalue weighted by molar-refractivity contribution is -0.113. The topological polar surface area (TPSA) is 20.3 Å². The molecule has 35 heavy (non-hydrogen) atoms. The van der Waals surface area contributed by atoms with Crippen LogP contribution in [-0.4, -0.2) is 5.91 Å². The van der Waals surface area contributed by atoms with Crippen molar-refractivity contribution < 1.29 is 4.79 Å². The molecule has 0 aromatic heterocycles. The molecule has 172 valence electrons. The van der Waals surface area contributed by atoms with Gasteiger partial charge in [0.25, 0.3) is 5.91 Å². The van der Waals surface area contributed by atoms with E-state index in [9.17, 15) is 4.79 Å². The van der Waals surface area contributed by atoms with Gasteiger partial charge in [0.15, 0.2) is 0 Å². The minimum absolute atomic E-state index is 0.0248. The molecule has 1 heterocycles. The molecule has 2 heteroatoms. The summed E-state index contributed by atoms with van der Waals surface area (Å²) in [6.45, 7) is 14.6. The summed E-state index contributed by atoms with van der Waals surface area (Å²) in [6.07, 6.45) is 3.80. The van der Waals surface area contributed by atoms with Gasteiger partial charge in [-0.05, 0) is 71.9 Å². The predicted molar refractivity (Wildman–Crippen MR) is 148 cm³/mol.